The highest BCUT2D eigenvalue weighted by atomic mass is 32.1. The Labute approximate surface area is 135 Å². The third kappa shape index (κ3) is 2.98. The molecule has 0 aromatic carbocycles. The van der Waals surface area contributed by atoms with Crippen molar-refractivity contribution in [1.82, 2.24) is 14.7 Å². The number of methoxy groups -OCH3 is 1. The summed E-state index contributed by atoms with van der Waals surface area (Å²) in [6.45, 7) is 4.98. The summed E-state index contributed by atoms with van der Waals surface area (Å²) in [5.41, 5.74) is 4.23. The second-order valence-corrected chi connectivity index (χ2v) is 7.41. The number of rotatable bonds is 6. The number of fused-ring (bicyclic) bond motifs is 1. The van der Waals surface area contributed by atoms with Crippen molar-refractivity contribution in [2.24, 2.45) is 5.92 Å². The first-order chi connectivity index (χ1) is 10.8. The van der Waals surface area contributed by atoms with Gasteiger partial charge in [0.1, 0.15) is 0 Å². The van der Waals surface area contributed by atoms with Crippen LogP contribution in [0.2, 0.25) is 0 Å². The van der Waals surface area contributed by atoms with E-state index in [1.807, 2.05) is 0 Å². The normalized spacial score (nSPS) is 22.0. The van der Waals surface area contributed by atoms with Gasteiger partial charge in [-0.1, -0.05) is 0 Å². The Balaban J connectivity index is 1.56. The van der Waals surface area contributed by atoms with Gasteiger partial charge in [-0.2, -0.15) is 16.4 Å². The quantitative estimate of drug-likeness (QED) is 0.820. The van der Waals surface area contributed by atoms with Gasteiger partial charge < -0.3 is 4.74 Å². The summed E-state index contributed by atoms with van der Waals surface area (Å²) in [6.07, 6.45) is 4.83. The zero-order valence-electron chi connectivity index (χ0n) is 13.1. The van der Waals surface area contributed by atoms with Crippen molar-refractivity contribution < 1.29 is 4.74 Å². The summed E-state index contributed by atoms with van der Waals surface area (Å²) in [5.74, 6) is 1.30. The van der Waals surface area contributed by atoms with Crippen LogP contribution >= 0.6 is 11.3 Å². The lowest BCUT2D eigenvalue weighted by atomic mass is 9.95. The van der Waals surface area contributed by atoms with Crippen molar-refractivity contribution in [2.45, 2.75) is 38.4 Å². The fourth-order valence-electron chi connectivity index (χ4n) is 3.43. The Hall–Kier alpha value is -1.17. The van der Waals surface area contributed by atoms with Crippen molar-refractivity contribution in [1.29, 1.82) is 0 Å². The van der Waals surface area contributed by atoms with E-state index in [9.17, 15) is 0 Å². The molecular formula is C17H23N3OS. The monoisotopic (exact) mass is 317 g/mol. The van der Waals surface area contributed by atoms with E-state index in [-0.39, 0.29) is 0 Å². The highest BCUT2D eigenvalue weighted by Gasteiger charge is 2.31. The smallest absolute Gasteiger partial charge is 0.0560 e. The number of ether oxygens (including phenoxy) is 1. The van der Waals surface area contributed by atoms with Gasteiger partial charge in [-0.25, -0.2) is 0 Å². The molecule has 1 fully saturated rings. The molecule has 1 saturated carbocycles. The highest BCUT2D eigenvalue weighted by molar-refractivity contribution is 7.07. The molecule has 22 heavy (non-hydrogen) atoms. The summed E-state index contributed by atoms with van der Waals surface area (Å²) >= 11 is 1.78. The van der Waals surface area contributed by atoms with Gasteiger partial charge in [0, 0.05) is 44.8 Å². The minimum atomic E-state index is 0.445. The summed E-state index contributed by atoms with van der Waals surface area (Å²) in [7, 11) is 1.80. The van der Waals surface area contributed by atoms with Crippen LogP contribution in [-0.4, -0.2) is 34.9 Å². The molecule has 0 unspecified atom stereocenters. The zero-order chi connectivity index (χ0) is 14.9. The Morgan fingerprint density at radius 1 is 1.41 bits per heavy atom. The summed E-state index contributed by atoms with van der Waals surface area (Å²) in [6, 6.07) is 2.23. The van der Waals surface area contributed by atoms with Gasteiger partial charge in [-0.3, -0.25) is 9.58 Å². The molecule has 4 nitrogen and oxygen atoms in total. The first-order valence-corrected chi connectivity index (χ1v) is 9.04. The van der Waals surface area contributed by atoms with Crippen LogP contribution in [0.1, 0.15) is 35.6 Å². The fourth-order valence-corrected chi connectivity index (χ4v) is 4.09. The number of hydrogen-bond donors (Lipinski definition) is 0. The second kappa shape index (κ2) is 6.14. The third-order valence-electron chi connectivity index (χ3n) is 4.75. The van der Waals surface area contributed by atoms with Gasteiger partial charge in [-0.05, 0) is 41.1 Å². The lowest BCUT2D eigenvalue weighted by molar-refractivity contribution is 0.134. The minimum Gasteiger partial charge on any atom is -0.384 e. The van der Waals surface area contributed by atoms with Gasteiger partial charge in [0.2, 0.25) is 0 Å². The largest absolute Gasteiger partial charge is 0.384 e. The molecule has 2 aromatic heterocycles. The van der Waals surface area contributed by atoms with Crippen molar-refractivity contribution >= 4 is 11.3 Å². The highest BCUT2D eigenvalue weighted by Crippen LogP contribution is 2.34. The van der Waals surface area contributed by atoms with Crippen molar-refractivity contribution in [2.75, 3.05) is 20.3 Å². The molecule has 2 aromatic rings. The van der Waals surface area contributed by atoms with Crippen LogP contribution in [0.25, 0.3) is 0 Å². The molecule has 2 aliphatic rings. The van der Waals surface area contributed by atoms with E-state index in [0.717, 1.165) is 38.7 Å². The van der Waals surface area contributed by atoms with E-state index in [1.54, 1.807) is 18.4 Å². The molecule has 0 N–H and O–H groups in total. The SMILES string of the molecule is COC[C@@H]1CN(Cc2ccsc2)Cc2c1cnn2CC1CC1. The number of nitrogens with zero attached hydrogens (tertiary/aromatic N) is 3. The van der Waals surface area contributed by atoms with Gasteiger partial charge in [-0.15, -0.1) is 0 Å². The van der Waals surface area contributed by atoms with Crippen molar-refractivity contribution in [3.63, 3.8) is 0 Å². The van der Waals surface area contributed by atoms with E-state index in [0.29, 0.717) is 5.92 Å². The molecule has 4 rings (SSSR count). The maximum Gasteiger partial charge on any atom is 0.0560 e. The van der Waals surface area contributed by atoms with E-state index in [2.05, 4.69) is 37.7 Å². The van der Waals surface area contributed by atoms with Gasteiger partial charge in [0.05, 0.1) is 18.5 Å². The molecule has 1 aliphatic carbocycles. The van der Waals surface area contributed by atoms with E-state index in [1.165, 1.54) is 29.7 Å². The molecule has 1 atom stereocenters. The van der Waals surface area contributed by atoms with Crippen LogP contribution in [0.15, 0.2) is 23.0 Å². The Kier molecular flexibility index (Phi) is 4.03. The maximum atomic E-state index is 5.46. The molecule has 1 aliphatic heterocycles. The Morgan fingerprint density at radius 2 is 2.32 bits per heavy atom. The predicted octanol–water partition coefficient (Wildman–Crippen LogP) is 3.10. The third-order valence-corrected chi connectivity index (χ3v) is 5.49. The minimum absolute atomic E-state index is 0.445. The number of aromatic nitrogens is 2. The van der Waals surface area contributed by atoms with Crippen LogP contribution in [0.4, 0.5) is 0 Å². The van der Waals surface area contributed by atoms with Crippen molar-refractivity contribution in [3.8, 4) is 0 Å². The first kappa shape index (κ1) is 14.4. The predicted molar refractivity (Wildman–Crippen MR) is 88.0 cm³/mol. The van der Waals surface area contributed by atoms with Gasteiger partial charge in [0.15, 0.2) is 0 Å². The van der Waals surface area contributed by atoms with Crippen LogP contribution in [0.3, 0.4) is 0 Å². The molecular weight excluding hydrogens is 294 g/mol. The fraction of sp³-hybridized carbons (Fsp3) is 0.588. The summed E-state index contributed by atoms with van der Waals surface area (Å²) in [4.78, 5) is 2.54. The van der Waals surface area contributed by atoms with Crippen LogP contribution in [-0.2, 0) is 24.4 Å². The topological polar surface area (TPSA) is 30.3 Å². The van der Waals surface area contributed by atoms with Crippen LogP contribution < -0.4 is 0 Å². The average molecular weight is 317 g/mol. The van der Waals surface area contributed by atoms with Crippen LogP contribution in [0.5, 0.6) is 0 Å². The molecule has 3 heterocycles. The zero-order valence-corrected chi connectivity index (χ0v) is 13.9. The number of hydrogen-bond acceptors (Lipinski definition) is 4. The number of thiophene rings is 1. The van der Waals surface area contributed by atoms with Crippen molar-refractivity contribution in [3.05, 3.63) is 39.8 Å². The molecule has 118 valence electrons. The lowest BCUT2D eigenvalue weighted by Crippen LogP contribution is -2.35. The van der Waals surface area contributed by atoms with Crippen LogP contribution in [0, 0.1) is 5.92 Å². The summed E-state index contributed by atoms with van der Waals surface area (Å²) < 4.78 is 7.72. The molecule has 0 spiro atoms. The summed E-state index contributed by atoms with van der Waals surface area (Å²) in [5, 5.41) is 9.09. The second-order valence-electron chi connectivity index (χ2n) is 6.63. The Bertz CT molecular complexity index is 618. The molecule has 0 amide bonds. The molecule has 0 radical (unpaired) electrons. The average Bonchev–Trinajstić information content (AvgIpc) is 3.01. The molecule has 0 bridgehead atoms. The van der Waals surface area contributed by atoms with E-state index in [4.69, 9.17) is 4.74 Å². The molecule has 0 saturated heterocycles. The standard InChI is InChI=1S/C17H23N3OS/c1-21-11-15-9-19(7-14-4-5-22-12-14)10-17-16(15)6-18-20(17)8-13-2-3-13/h4-6,12-13,15H,2-3,7-11H2,1H3/t15-/m0/s1. The van der Waals surface area contributed by atoms with E-state index < -0.39 is 0 Å². The first-order valence-electron chi connectivity index (χ1n) is 8.10. The maximum absolute atomic E-state index is 5.46. The Morgan fingerprint density at radius 3 is 3.05 bits per heavy atom. The molecule has 5 heteroatoms. The lowest BCUT2D eigenvalue weighted by Gasteiger charge is -2.32. The van der Waals surface area contributed by atoms with Gasteiger partial charge in [0.25, 0.3) is 0 Å². The van der Waals surface area contributed by atoms with E-state index >= 15 is 0 Å². The van der Waals surface area contributed by atoms with Gasteiger partial charge >= 0.3 is 0 Å².